The van der Waals surface area contributed by atoms with E-state index in [1.54, 1.807) is 0 Å². The number of likely N-dealkylation sites (N-methyl/N-ethyl adjacent to an activating group) is 1. The summed E-state index contributed by atoms with van der Waals surface area (Å²) in [7, 11) is 2.24. The van der Waals surface area contributed by atoms with E-state index in [1.807, 2.05) is 0 Å². The number of hydrogen-bond acceptors (Lipinski definition) is 2. The van der Waals surface area contributed by atoms with Gasteiger partial charge in [0.15, 0.2) is 0 Å². The Balaban J connectivity index is 4.41. The monoisotopic (exact) mass is 270 g/mol. The molecule has 0 spiro atoms. The standard InChI is InChI=1S/C17H38N2/c1-8-9-10-11-12-13-17(6,14-18)19(7)15(2)16(3,4)5/h15H,8-14,18H2,1-7H3. The Morgan fingerprint density at radius 3 is 1.95 bits per heavy atom. The van der Waals surface area contributed by atoms with Crippen molar-refractivity contribution in [1.82, 2.24) is 4.90 Å². The quantitative estimate of drug-likeness (QED) is 0.628. The van der Waals surface area contributed by atoms with Crippen LogP contribution in [0.5, 0.6) is 0 Å². The van der Waals surface area contributed by atoms with Crippen molar-refractivity contribution in [2.24, 2.45) is 11.1 Å². The summed E-state index contributed by atoms with van der Waals surface area (Å²) in [5.41, 5.74) is 6.53. The highest BCUT2D eigenvalue weighted by atomic mass is 15.2. The molecule has 0 aliphatic heterocycles. The molecule has 0 saturated heterocycles. The average molecular weight is 271 g/mol. The van der Waals surface area contributed by atoms with Gasteiger partial charge >= 0.3 is 0 Å². The van der Waals surface area contributed by atoms with Crippen LogP contribution in [0.4, 0.5) is 0 Å². The van der Waals surface area contributed by atoms with Crippen molar-refractivity contribution in [3.8, 4) is 0 Å². The minimum atomic E-state index is 0.138. The molecule has 0 aliphatic carbocycles. The molecule has 0 fully saturated rings. The first kappa shape index (κ1) is 18.9. The van der Waals surface area contributed by atoms with E-state index in [-0.39, 0.29) is 5.54 Å². The van der Waals surface area contributed by atoms with Crippen molar-refractivity contribution < 1.29 is 0 Å². The minimum absolute atomic E-state index is 0.138. The molecule has 0 aromatic carbocycles. The topological polar surface area (TPSA) is 29.3 Å². The van der Waals surface area contributed by atoms with E-state index in [0.29, 0.717) is 11.5 Å². The summed E-state index contributed by atoms with van der Waals surface area (Å²) in [6, 6.07) is 0.539. The molecule has 0 amide bonds. The highest BCUT2D eigenvalue weighted by molar-refractivity contribution is 4.91. The first-order chi connectivity index (χ1) is 8.69. The van der Waals surface area contributed by atoms with Gasteiger partial charge in [-0.3, -0.25) is 4.90 Å². The molecular weight excluding hydrogens is 232 g/mol. The Morgan fingerprint density at radius 2 is 1.53 bits per heavy atom. The van der Waals surface area contributed by atoms with Crippen LogP contribution >= 0.6 is 0 Å². The second-order valence-electron chi connectivity index (χ2n) is 7.52. The Hall–Kier alpha value is -0.0800. The van der Waals surface area contributed by atoms with Crippen LogP contribution in [-0.4, -0.2) is 30.1 Å². The summed E-state index contributed by atoms with van der Waals surface area (Å²) in [5.74, 6) is 0. The van der Waals surface area contributed by atoms with Gasteiger partial charge in [-0.2, -0.15) is 0 Å². The van der Waals surface area contributed by atoms with E-state index in [4.69, 9.17) is 5.73 Å². The fourth-order valence-electron chi connectivity index (χ4n) is 2.58. The molecule has 19 heavy (non-hydrogen) atoms. The molecule has 0 bridgehead atoms. The lowest BCUT2D eigenvalue weighted by Crippen LogP contribution is -2.56. The Bertz CT molecular complexity index is 232. The van der Waals surface area contributed by atoms with Gasteiger partial charge in [-0.05, 0) is 32.7 Å². The van der Waals surface area contributed by atoms with Crippen LogP contribution in [0.2, 0.25) is 0 Å². The van der Waals surface area contributed by atoms with E-state index >= 15 is 0 Å². The third-order valence-corrected chi connectivity index (χ3v) is 4.94. The number of nitrogens with two attached hydrogens (primary N) is 1. The first-order valence-electron chi connectivity index (χ1n) is 8.12. The van der Waals surface area contributed by atoms with Crippen LogP contribution < -0.4 is 5.73 Å². The van der Waals surface area contributed by atoms with Gasteiger partial charge in [0.25, 0.3) is 0 Å². The number of rotatable bonds is 9. The number of hydrogen-bond donors (Lipinski definition) is 1. The van der Waals surface area contributed by atoms with Gasteiger partial charge in [-0.25, -0.2) is 0 Å². The van der Waals surface area contributed by atoms with Gasteiger partial charge in [-0.1, -0.05) is 59.8 Å². The summed E-state index contributed by atoms with van der Waals surface area (Å²) in [5, 5.41) is 0. The van der Waals surface area contributed by atoms with Crippen LogP contribution in [0.25, 0.3) is 0 Å². The van der Waals surface area contributed by atoms with Crippen molar-refractivity contribution in [1.29, 1.82) is 0 Å². The summed E-state index contributed by atoms with van der Waals surface area (Å²) >= 11 is 0. The normalized spacial score (nSPS) is 17.5. The Labute approximate surface area is 122 Å². The maximum atomic E-state index is 6.09. The maximum Gasteiger partial charge on any atom is 0.0303 e. The molecule has 0 aliphatic rings. The average Bonchev–Trinajstić information content (AvgIpc) is 2.35. The zero-order chi connectivity index (χ0) is 15.1. The van der Waals surface area contributed by atoms with Crippen LogP contribution in [0.3, 0.4) is 0 Å². The second-order valence-corrected chi connectivity index (χ2v) is 7.52. The van der Waals surface area contributed by atoms with Gasteiger partial charge in [0.2, 0.25) is 0 Å². The van der Waals surface area contributed by atoms with Crippen molar-refractivity contribution in [3.63, 3.8) is 0 Å². The molecule has 0 aromatic rings. The summed E-state index contributed by atoms with van der Waals surface area (Å²) in [6.45, 7) is 14.6. The molecule has 2 nitrogen and oxygen atoms in total. The number of nitrogens with zero attached hydrogens (tertiary/aromatic N) is 1. The molecule has 0 heterocycles. The van der Waals surface area contributed by atoms with E-state index in [2.05, 4.69) is 53.5 Å². The van der Waals surface area contributed by atoms with E-state index in [9.17, 15) is 0 Å². The molecular formula is C17H38N2. The largest absolute Gasteiger partial charge is 0.329 e. The third kappa shape index (κ3) is 6.27. The Morgan fingerprint density at radius 1 is 1.00 bits per heavy atom. The molecule has 116 valence electrons. The van der Waals surface area contributed by atoms with E-state index in [1.165, 1.54) is 38.5 Å². The lowest BCUT2D eigenvalue weighted by Gasteiger charge is -2.46. The zero-order valence-electron chi connectivity index (χ0n) is 14.6. The minimum Gasteiger partial charge on any atom is -0.329 e. The van der Waals surface area contributed by atoms with E-state index in [0.717, 1.165) is 6.54 Å². The van der Waals surface area contributed by atoms with Gasteiger partial charge in [0, 0.05) is 18.1 Å². The van der Waals surface area contributed by atoms with Crippen LogP contribution in [0.15, 0.2) is 0 Å². The highest BCUT2D eigenvalue weighted by Crippen LogP contribution is 2.30. The molecule has 0 radical (unpaired) electrons. The van der Waals surface area contributed by atoms with E-state index < -0.39 is 0 Å². The fourth-order valence-corrected chi connectivity index (χ4v) is 2.58. The molecule has 0 saturated carbocycles. The van der Waals surface area contributed by atoms with Gasteiger partial charge in [-0.15, -0.1) is 0 Å². The van der Waals surface area contributed by atoms with Crippen molar-refractivity contribution in [2.45, 2.75) is 91.6 Å². The maximum absolute atomic E-state index is 6.09. The lowest BCUT2D eigenvalue weighted by molar-refractivity contribution is 0.0355. The first-order valence-corrected chi connectivity index (χ1v) is 8.12. The van der Waals surface area contributed by atoms with Gasteiger partial charge < -0.3 is 5.73 Å². The Kier molecular flexibility index (Phi) is 8.23. The third-order valence-electron chi connectivity index (χ3n) is 4.94. The summed E-state index contributed by atoms with van der Waals surface area (Å²) in [6.07, 6.45) is 7.92. The van der Waals surface area contributed by atoms with Crippen molar-refractivity contribution >= 4 is 0 Å². The predicted octanol–water partition coefficient (Wildman–Crippen LogP) is 4.43. The second kappa shape index (κ2) is 8.26. The molecule has 2 unspecified atom stereocenters. The zero-order valence-corrected chi connectivity index (χ0v) is 14.6. The SMILES string of the molecule is CCCCCCCC(C)(CN)N(C)C(C)C(C)(C)C. The molecule has 2 N–H and O–H groups in total. The highest BCUT2D eigenvalue weighted by Gasteiger charge is 2.35. The fraction of sp³-hybridized carbons (Fsp3) is 1.00. The molecule has 2 atom stereocenters. The molecule has 2 heteroatoms. The van der Waals surface area contributed by atoms with Crippen molar-refractivity contribution in [3.05, 3.63) is 0 Å². The molecule has 0 aromatic heterocycles. The van der Waals surface area contributed by atoms with Crippen LogP contribution in [0, 0.1) is 5.41 Å². The lowest BCUT2D eigenvalue weighted by atomic mass is 9.82. The van der Waals surface area contributed by atoms with Crippen LogP contribution in [-0.2, 0) is 0 Å². The van der Waals surface area contributed by atoms with Gasteiger partial charge in [0.05, 0.1) is 0 Å². The molecule has 0 rings (SSSR count). The predicted molar refractivity (Wildman–Crippen MR) is 87.5 cm³/mol. The summed E-state index contributed by atoms with van der Waals surface area (Å²) < 4.78 is 0. The van der Waals surface area contributed by atoms with Crippen molar-refractivity contribution in [2.75, 3.05) is 13.6 Å². The number of unbranched alkanes of at least 4 members (excludes halogenated alkanes) is 4. The van der Waals surface area contributed by atoms with Gasteiger partial charge in [0.1, 0.15) is 0 Å². The van der Waals surface area contributed by atoms with Crippen LogP contribution in [0.1, 0.15) is 80.1 Å². The smallest absolute Gasteiger partial charge is 0.0303 e. The summed E-state index contributed by atoms with van der Waals surface area (Å²) in [4.78, 5) is 2.51.